The number of amides is 3. The molecule has 31 heavy (non-hydrogen) atoms. The summed E-state index contributed by atoms with van der Waals surface area (Å²) < 4.78 is 11.9. The van der Waals surface area contributed by atoms with Crippen molar-refractivity contribution in [2.45, 2.75) is 96.7 Å². The summed E-state index contributed by atoms with van der Waals surface area (Å²) in [6.45, 7) is 12.2. The highest BCUT2D eigenvalue weighted by Crippen LogP contribution is 2.22. The van der Waals surface area contributed by atoms with Crippen LogP contribution >= 0.6 is 0 Å². The summed E-state index contributed by atoms with van der Waals surface area (Å²) in [5, 5.41) is 18.0. The van der Waals surface area contributed by atoms with Crippen molar-refractivity contribution in [3.8, 4) is 0 Å². The van der Waals surface area contributed by atoms with Gasteiger partial charge < -0.3 is 35.2 Å². The van der Waals surface area contributed by atoms with Gasteiger partial charge in [-0.15, -0.1) is 0 Å². The summed E-state index contributed by atoms with van der Waals surface area (Å²) in [5.41, 5.74) is 4.73. The molecule has 1 fully saturated rings. The fraction of sp³-hybridized carbons (Fsp3) is 0.909. The van der Waals surface area contributed by atoms with Gasteiger partial charge in [0.05, 0.1) is 24.4 Å². The van der Waals surface area contributed by atoms with E-state index in [1.54, 1.807) is 4.90 Å². The molecule has 0 saturated carbocycles. The van der Waals surface area contributed by atoms with Crippen molar-refractivity contribution in [3.63, 3.8) is 0 Å². The zero-order chi connectivity index (χ0) is 23.7. The van der Waals surface area contributed by atoms with Crippen LogP contribution in [0.15, 0.2) is 0 Å². The van der Waals surface area contributed by atoms with E-state index >= 15 is 0 Å². The van der Waals surface area contributed by atoms with E-state index in [1.165, 1.54) is 0 Å². The lowest BCUT2D eigenvalue weighted by atomic mass is 10.0. The first-order valence-electron chi connectivity index (χ1n) is 11.3. The summed E-state index contributed by atoms with van der Waals surface area (Å²) in [4.78, 5) is 27.3. The molecule has 1 aliphatic rings. The molecule has 4 N–H and O–H groups in total. The number of nitrogens with zero attached hydrogens (tertiary/aromatic N) is 2. The number of nitrogens with two attached hydrogens (primary N) is 1. The fourth-order valence-corrected chi connectivity index (χ4v) is 3.74. The molecule has 0 aliphatic carbocycles. The Kier molecular flexibility index (Phi) is 11.2. The molecule has 1 aliphatic heterocycles. The average molecular weight is 446 g/mol. The van der Waals surface area contributed by atoms with Gasteiger partial charge in [0.1, 0.15) is 0 Å². The van der Waals surface area contributed by atoms with Crippen LogP contribution < -0.4 is 5.73 Å². The third kappa shape index (κ3) is 10.6. The predicted octanol–water partition coefficient (Wildman–Crippen LogP) is 1.84. The molecule has 0 radical (unpaired) electrons. The van der Waals surface area contributed by atoms with Crippen LogP contribution in [0.3, 0.4) is 0 Å². The lowest BCUT2D eigenvalue weighted by Gasteiger charge is -2.38. The number of urea groups is 1. The monoisotopic (exact) mass is 445 g/mol. The number of carbonyl (C=O) groups excluding carboxylic acids is 2. The van der Waals surface area contributed by atoms with Gasteiger partial charge in [-0.25, -0.2) is 4.79 Å². The van der Waals surface area contributed by atoms with Crippen molar-refractivity contribution in [3.05, 3.63) is 0 Å². The molecule has 0 unspecified atom stereocenters. The van der Waals surface area contributed by atoms with E-state index in [4.69, 9.17) is 25.4 Å². The Morgan fingerprint density at radius 1 is 1.06 bits per heavy atom. The first-order chi connectivity index (χ1) is 14.4. The second-order valence-electron chi connectivity index (χ2n) is 9.48. The summed E-state index contributed by atoms with van der Waals surface area (Å²) >= 11 is 0. The van der Waals surface area contributed by atoms with Crippen molar-refractivity contribution in [1.29, 1.82) is 0 Å². The average Bonchev–Trinajstić information content (AvgIpc) is 2.69. The van der Waals surface area contributed by atoms with Crippen molar-refractivity contribution in [2.24, 2.45) is 5.73 Å². The van der Waals surface area contributed by atoms with Crippen molar-refractivity contribution in [2.75, 3.05) is 32.8 Å². The van der Waals surface area contributed by atoms with Crippen LogP contribution in [0.1, 0.15) is 73.1 Å². The van der Waals surface area contributed by atoms with E-state index in [0.29, 0.717) is 52.1 Å². The lowest BCUT2D eigenvalue weighted by molar-refractivity contribution is -0.132. The Balaban J connectivity index is 2.40. The van der Waals surface area contributed by atoms with Gasteiger partial charge in [-0.05, 0) is 53.4 Å². The minimum Gasteiger partial charge on any atom is -0.375 e. The maximum atomic E-state index is 12.0. The molecule has 3 amide bonds. The Morgan fingerprint density at radius 3 is 2.13 bits per heavy atom. The minimum absolute atomic E-state index is 0.0242. The van der Waals surface area contributed by atoms with Crippen LogP contribution in [0.5, 0.6) is 0 Å². The summed E-state index contributed by atoms with van der Waals surface area (Å²) in [6, 6.07) is -0.436. The fourth-order valence-electron chi connectivity index (χ4n) is 3.74. The molecule has 1 heterocycles. The van der Waals surface area contributed by atoms with Gasteiger partial charge in [-0.1, -0.05) is 6.92 Å². The van der Waals surface area contributed by atoms with Gasteiger partial charge in [0.25, 0.3) is 0 Å². The minimum atomic E-state index is -1.32. The number of aliphatic hydroxyl groups is 2. The van der Waals surface area contributed by atoms with E-state index in [2.05, 4.69) is 0 Å². The molecule has 0 aromatic carbocycles. The molecule has 0 atom stereocenters. The molecule has 0 bridgehead atoms. The molecule has 1 saturated heterocycles. The SMILES string of the molecule is CCC(=O)N1CCC(N(CCOC(C)(C)CCOC(C)(C)CCC(O)O)C(N)=O)CC1. The summed E-state index contributed by atoms with van der Waals surface area (Å²) in [5.74, 6) is 0.145. The number of hydrogen-bond donors (Lipinski definition) is 3. The number of hydrogen-bond acceptors (Lipinski definition) is 6. The van der Waals surface area contributed by atoms with E-state index < -0.39 is 23.5 Å². The highest BCUT2D eigenvalue weighted by atomic mass is 16.5. The Bertz CT molecular complexity index is 559. The number of rotatable bonds is 13. The maximum absolute atomic E-state index is 12.0. The number of aliphatic hydroxyl groups excluding tert-OH is 1. The van der Waals surface area contributed by atoms with Gasteiger partial charge in [0.2, 0.25) is 5.91 Å². The Hall–Kier alpha value is -1.42. The molecule has 1 rings (SSSR count). The lowest BCUT2D eigenvalue weighted by Crippen LogP contribution is -2.51. The van der Waals surface area contributed by atoms with Crippen molar-refractivity contribution in [1.82, 2.24) is 9.80 Å². The third-order valence-electron chi connectivity index (χ3n) is 5.87. The number of carbonyl (C=O) groups is 2. The largest absolute Gasteiger partial charge is 0.375 e. The zero-order valence-electron chi connectivity index (χ0n) is 19.9. The molecule has 0 aromatic rings. The normalized spacial score (nSPS) is 16.1. The van der Waals surface area contributed by atoms with Crippen LogP contribution in [0, 0.1) is 0 Å². The van der Waals surface area contributed by atoms with Crippen LogP contribution in [-0.4, -0.2) is 88.3 Å². The standard InChI is InChI=1S/C22H43N3O6/c1-6-18(26)24-12-8-17(9-13-24)25(20(23)29)14-16-31-22(4,5)11-15-30-21(2,3)10-7-19(27)28/h17,19,27-28H,6-16H2,1-5H3,(H2,23,29). The maximum Gasteiger partial charge on any atom is 0.315 e. The Morgan fingerprint density at radius 2 is 1.61 bits per heavy atom. The molecule has 9 nitrogen and oxygen atoms in total. The second kappa shape index (κ2) is 12.6. The van der Waals surface area contributed by atoms with E-state index in [1.807, 2.05) is 39.5 Å². The van der Waals surface area contributed by atoms with Crippen molar-refractivity contribution < 1.29 is 29.3 Å². The number of ether oxygens (including phenoxy) is 2. The van der Waals surface area contributed by atoms with Crippen LogP contribution in [0.2, 0.25) is 0 Å². The van der Waals surface area contributed by atoms with E-state index in [9.17, 15) is 9.59 Å². The van der Waals surface area contributed by atoms with Gasteiger partial charge in [-0.2, -0.15) is 0 Å². The summed E-state index contributed by atoms with van der Waals surface area (Å²) in [7, 11) is 0. The van der Waals surface area contributed by atoms with Crippen LogP contribution in [0.4, 0.5) is 4.79 Å². The molecule has 182 valence electrons. The van der Waals surface area contributed by atoms with Gasteiger partial charge in [0.15, 0.2) is 6.29 Å². The molecule has 0 spiro atoms. The van der Waals surface area contributed by atoms with E-state index in [-0.39, 0.29) is 18.4 Å². The van der Waals surface area contributed by atoms with Crippen molar-refractivity contribution >= 4 is 11.9 Å². The molecular formula is C22H43N3O6. The van der Waals surface area contributed by atoms with Gasteiger partial charge >= 0.3 is 6.03 Å². The first-order valence-corrected chi connectivity index (χ1v) is 11.3. The smallest absolute Gasteiger partial charge is 0.315 e. The number of likely N-dealkylation sites (tertiary alicyclic amines) is 1. The van der Waals surface area contributed by atoms with Gasteiger partial charge in [-0.3, -0.25) is 4.79 Å². The first kappa shape index (κ1) is 27.6. The van der Waals surface area contributed by atoms with Crippen LogP contribution in [-0.2, 0) is 14.3 Å². The third-order valence-corrected chi connectivity index (χ3v) is 5.87. The molecule has 9 heteroatoms. The topological polar surface area (TPSA) is 126 Å². The highest BCUT2D eigenvalue weighted by molar-refractivity contribution is 5.76. The Labute approximate surface area is 186 Å². The predicted molar refractivity (Wildman–Crippen MR) is 118 cm³/mol. The summed E-state index contributed by atoms with van der Waals surface area (Å²) in [6.07, 6.45) is 2.09. The van der Waals surface area contributed by atoms with E-state index in [0.717, 1.165) is 12.8 Å². The molecule has 0 aromatic heterocycles. The number of piperidine rings is 1. The zero-order valence-corrected chi connectivity index (χ0v) is 19.9. The highest BCUT2D eigenvalue weighted by Gasteiger charge is 2.29. The van der Waals surface area contributed by atoms with Gasteiger partial charge in [0, 0.05) is 38.5 Å². The quantitative estimate of drug-likeness (QED) is 0.372. The molecular weight excluding hydrogens is 402 g/mol. The number of primary amides is 1. The van der Waals surface area contributed by atoms with Crippen LogP contribution in [0.25, 0.3) is 0 Å². The second-order valence-corrected chi connectivity index (χ2v) is 9.48.